The van der Waals surface area contributed by atoms with E-state index < -0.39 is 26.5 Å². The third-order valence-corrected chi connectivity index (χ3v) is 1.17. The second kappa shape index (κ2) is 3.80. The Balaban J connectivity index is 3.72. The van der Waals surface area contributed by atoms with Crippen LogP contribution < -0.4 is 0 Å². The molecule has 0 unspecified atom stereocenters. The van der Waals surface area contributed by atoms with Gasteiger partial charge in [0.2, 0.25) is 0 Å². The normalized spacial score (nSPS) is 14.5. The Kier molecular flexibility index (Phi) is 3.64. The lowest BCUT2D eigenvalue weighted by Crippen LogP contribution is -2.24. The first kappa shape index (κ1) is 10.5. The lowest BCUT2D eigenvalue weighted by molar-refractivity contribution is -0.148. The van der Waals surface area contributed by atoms with E-state index in [-0.39, 0.29) is 0 Å². The third-order valence-electron chi connectivity index (χ3n) is 0.686. The van der Waals surface area contributed by atoms with Gasteiger partial charge in [-0.05, 0) is 0 Å². The smallest absolute Gasteiger partial charge is 0.469 e. The van der Waals surface area contributed by atoms with E-state index in [1.807, 2.05) is 0 Å². The van der Waals surface area contributed by atoms with Crippen LogP contribution in [-0.4, -0.2) is 38.7 Å². The zero-order chi connectivity index (χ0) is 9.07. The van der Waals surface area contributed by atoms with Crippen LogP contribution in [0.1, 0.15) is 0 Å². The summed E-state index contributed by atoms with van der Waals surface area (Å²) >= 11 is 0. The van der Waals surface area contributed by atoms with E-state index in [0.717, 1.165) is 0 Å². The van der Waals surface area contributed by atoms with Gasteiger partial charge < -0.3 is 20.0 Å². The van der Waals surface area contributed by atoms with Crippen LogP contribution in [-0.2, 0) is 13.9 Å². The first-order valence-corrected chi connectivity index (χ1v) is 3.97. The van der Waals surface area contributed by atoms with Crippen molar-refractivity contribution in [3.05, 3.63) is 0 Å². The molecule has 7 nitrogen and oxygen atoms in total. The van der Waals surface area contributed by atoms with Crippen molar-refractivity contribution in [1.29, 1.82) is 0 Å². The molecular weight excluding hydrogens is 180 g/mol. The molecule has 0 rings (SSSR count). The Bertz CT molecular complexity index is 182. The molecule has 0 aliphatic heterocycles. The summed E-state index contributed by atoms with van der Waals surface area (Å²) in [7, 11) is -4.68. The van der Waals surface area contributed by atoms with Crippen LogP contribution in [0, 0.1) is 0 Å². The number of hydrogen-bond donors (Lipinski definition) is 4. The van der Waals surface area contributed by atoms with Gasteiger partial charge in [-0.2, -0.15) is 0 Å². The number of phosphoric ester groups is 1. The quantitative estimate of drug-likeness (QED) is 0.313. The topological polar surface area (TPSA) is 124 Å². The van der Waals surface area contributed by atoms with Crippen molar-refractivity contribution in [2.45, 2.75) is 6.10 Å². The SMILES string of the molecule is O=C(O)[C@@H](O)[13CH2]OP(=O)(O)O. The van der Waals surface area contributed by atoms with Gasteiger partial charge in [-0.15, -0.1) is 0 Å². The Hall–Kier alpha value is -0.460. The summed E-state index contributed by atoms with van der Waals surface area (Å²) in [5, 5.41) is 16.4. The van der Waals surface area contributed by atoms with Crippen molar-refractivity contribution in [3.63, 3.8) is 0 Å². The van der Waals surface area contributed by atoms with Crippen LogP contribution in [0.4, 0.5) is 0 Å². The minimum atomic E-state index is -4.68. The lowest BCUT2D eigenvalue weighted by Gasteiger charge is -2.06. The summed E-state index contributed by atoms with van der Waals surface area (Å²) in [6.45, 7) is -0.931. The highest BCUT2D eigenvalue weighted by Crippen LogP contribution is 2.35. The molecule has 0 aromatic heterocycles. The fourth-order valence-corrected chi connectivity index (χ4v) is 0.574. The molecule has 0 fully saturated rings. The van der Waals surface area contributed by atoms with Crippen molar-refractivity contribution in [3.8, 4) is 0 Å². The summed E-state index contributed by atoms with van der Waals surface area (Å²) < 4.78 is 13.6. The molecule has 0 aromatic carbocycles. The molecule has 4 N–H and O–H groups in total. The predicted octanol–water partition coefficient (Wildman–Crippen LogP) is -1.46. The molecule has 66 valence electrons. The fourth-order valence-electron chi connectivity index (χ4n) is 0.239. The fraction of sp³-hybridized carbons (Fsp3) is 0.667. The number of carboxylic acid groups (broad SMARTS) is 1. The monoisotopic (exact) mass is 187 g/mol. The van der Waals surface area contributed by atoms with Gasteiger partial charge in [0.05, 0.1) is 6.61 Å². The molecule has 8 heteroatoms. The summed E-state index contributed by atoms with van der Waals surface area (Å²) in [5.74, 6) is -1.60. The molecule has 0 aliphatic carbocycles. The van der Waals surface area contributed by atoms with Gasteiger partial charge in [0, 0.05) is 0 Å². The molecule has 0 radical (unpaired) electrons. The first-order valence-electron chi connectivity index (χ1n) is 2.44. The molecule has 0 aliphatic rings. The summed E-state index contributed by atoms with van der Waals surface area (Å²) in [5.41, 5.74) is 0. The largest absolute Gasteiger partial charge is 0.479 e. The summed E-state index contributed by atoms with van der Waals surface area (Å²) in [4.78, 5) is 25.9. The van der Waals surface area contributed by atoms with E-state index in [9.17, 15) is 9.36 Å². The van der Waals surface area contributed by atoms with E-state index in [4.69, 9.17) is 20.0 Å². The third kappa shape index (κ3) is 5.96. The van der Waals surface area contributed by atoms with Crippen LogP contribution in [0.3, 0.4) is 0 Å². The molecule has 0 aromatic rings. The Morgan fingerprint density at radius 1 is 1.55 bits per heavy atom. The van der Waals surface area contributed by atoms with Crippen molar-refractivity contribution in [2.75, 3.05) is 6.61 Å². The van der Waals surface area contributed by atoms with Crippen molar-refractivity contribution in [2.24, 2.45) is 0 Å². The average molecular weight is 187 g/mol. The molecule has 1 atom stereocenters. The Morgan fingerprint density at radius 3 is 2.27 bits per heavy atom. The number of carboxylic acids is 1. The molecule has 0 saturated carbocycles. The maximum absolute atomic E-state index is 9.93. The highest BCUT2D eigenvalue weighted by molar-refractivity contribution is 7.46. The maximum Gasteiger partial charge on any atom is 0.469 e. The van der Waals surface area contributed by atoms with E-state index >= 15 is 0 Å². The van der Waals surface area contributed by atoms with Gasteiger partial charge in [-0.25, -0.2) is 9.36 Å². The van der Waals surface area contributed by atoms with Gasteiger partial charge in [-0.3, -0.25) is 4.52 Å². The van der Waals surface area contributed by atoms with E-state index in [2.05, 4.69) is 4.52 Å². The van der Waals surface area contributed by atoms with Gasteiger partial charge >= 0.3 is 13.8 Å². The Labute approximate surface area is 61.5 Å². The number of aliphatic hydroxyl groups excluding tert-OH is 1. The molecule has 0 saturated heterocycles. The second-order valence-corrected chi connectivity index (χ2v) is 2.88. The highest BCUT2D eigenvalue weighted by Gasteiger charge is 2.20. The van der Waals surface area contributed by atoms with E-state index in [0.29, 0.717) is 0 Å². The van der Waals surface area contributed by atoms with Gasteiger partial charge in [0.15, 0.2) is 6.10 Å². The van der Waals surface area contributed by atoms with Crippen LogP contribution in [0.25, 0.3) is 0 Å². The number of carbonyl (C=O) groups is 1. The standard InChI is InChI=1S/C3H7O7P/c4-2(3(5)6)1-10-11(7,8)9/h2,4H,1H2,(H,5,6)(H2,7,8,9)/t2-/m0/s1/i1+1. The minimum Gasteiger partial charge on any atom is -0.479 e. The molecule has 0 bridgehead atoms. The minimum absolute atomic E-state index is 0.931. The average Bonchev–Trinajstić information content (AvgIpc) is 1.80. The van der Waals surface area contributed by atoms with E-state index in [1.165, 1.54) is 0 Å². The van der Waals surface area contributed by atoms with Crippen LogP contribution >= 0.6 is 7.82 Å². The zero-order valence-corrected chi connectivity index (χ0v) is 6.14. The van der Waals surface area contributed by atoms with Crippen LogP contribution in [0.2, 0.25) is 0 Å². The van der Waals surface area contributed by atoms with Crippen molar-refractivity contribution in [1.82, 2.24) is 0 Å². The molecule has 0 spiro atoms. The molecule has 11 heavy (non-hydrogen) atoms. The molecule has 0 amide bonds. The zero-order valence-electron chi connectivity index (χ0n) is 5.25. The second-order valence-electron chi connectivity index (χ2n) is 1.64. The number of hydrogen-bond acceptors (Lipinski definition) is 4. The molecular formula is C3H7O7P. The predicted molar refractivity (Wildman–Crippen MR) is 31.6 cm³/mol. The first-order chi connectivity index (χ1) is 4.83. The summed E-state index contributed by atoms with van der Waals surface area (Å²) in [6, 6.07) is 0. The number of phosphoric acid groups is 1. The maximum atomic E-state index is 9.93. The number of aliphatic hydroxyl groups is 1. The van der Waals surface area contributed by atoms with Gasteiger partial charge in [0.25, 0.3) is 0 Å². The van der Waals surface area contributed by atoms with Gasteiger partial charge in [-0.1, -0.05) is 0 Å². The summed E-state index contributed by atoms with van der Waals surface area (Å²) in [6.07, 6.45) is -1.91. The highest BCUT2D eigenvalue weighted by atomic mass is 31.2. The molecule has 0 heterocycles. The lowest BCUT2D eigenvalue weighted by atomic mass is 10.5. The van der Waals surface area contributed by atoms with Crippen molar-refractivity contribution < 1.29 is 33.9 Å². The van der Waals surface area contributed by atoms with Crippen LogP contribution in [0.5, 0.6) is 0 Å². The number of aliphatic carboxylic acids is 1. The van der Waals surface area contributed by atoms with Crippen LogP contribution in [0.15, 0.2) is 0 Å². The van der Waals surface area contributed by atoms with Crippen molar-refractivity contribution >= 4 is 13.8 Å². The Morgan fingerprint density at radius 2 is 2.00 bits per heavy atom. The van der Waals surface area contributed by atoms with Gasteiger partial charge in [0.1, 0.15) is 0 Å². The number of rotatable bonds is 4. The van der Waals surface area contributed by atoms with E-state index in [1.54, 1.807) is 0 Å².